The molecule has 0 bridgehead atoms. The largest absolute Gasteiger partial charge is 1.00 e. The fourth-order valence-corrected chi connectivity index (χ4v) is 5.01. The third-order valence-corrected chi connectivity index (χ3v) is 7.32. The normalized spacial score (nSPS) is 10.6. The Bertz CT molecular complexity index is 1620. The molecule has 1 N–H and O–H groups in total. The standard InChI is InChI=1S/C28H25Cl2N3O6S.Na/c1-3-4-5-26(34)33-40(37,38)22-7-8-24(17(2)10-22)32-27(35)16-39-25-9-6-20(29)14-23(25)28(36)19-11-18(15-31)12-21(30)13-19;/h6-14H,3-5,16H2,1-2H3,(H2,32,33,34,35);/q;+1/p-1. The van der Waals surface area contributed by atoms with Gasteiger partial charge in [-0.15, -0.1) is 0 Å². The number of aryl methyl sites for hydroxylation is 1. The van der Waals surface area contributed by atoms with Crippen molar-refractivity contribution >= 4 is 56.5 Å². The first kappa shape index (κ1) is 34.3. The smallest absolute Gasteiger partial charge is 0.542 e. The van der Waals surface area contributed by atoms with Crippen LogP contribution in [0.15, 0.2) is 59.5 Å². The predicted molar refractivity (Wildman–Crippen MR) is 151 cm³/mol. The molecule has 0 aliphatic heterocycles. The molecule has 0 aromatic heterocycles. The summed E-state index contributed by atoms with van der Waals surface area (Å²) in [4.78, 5) is 37.4. The number of carbonyl (C=O) groups excluding carboxylic acids is 3. The quantitative estimate of drug-likeness (QED) is 0.255. The van der Waals surface area contributed by atoms with E-state index in [9.17, 15) is 28.1 Å². The van der Waals surface area contributed by atoms with Gasteiger partial charge in [-0.3, -0.25) is 9.59 Å². The molecular weight excluding hydrogens is 600 g/mol. The number of amides is 2. The van der Waals surface area contributed by atoms with Gasteiger partial charge in [0.05, 0.1) is 28.0 Å². The number of anilines is 1. The van der Waals surface area contributed by atoms with Gasteiger partial charge < -0.3 is 19.6 Å². The third kappa shape index (κ3) is 9.57. The van der Waals surface area contributed by atoms with E-state index in [1.807, 2.05) is 13.0 Å². The van der Waals surface area contributed by atoms with Gasteiger partial charge in [0, 0.05) is 21.3 Å². The average molecular weight is 624 g/mol. The first-order valence-corrected chi connectivity index (χ1v) is 14.2. The van der Waals surface area contributed by atoms with Gasteiger partial charge in [-0.1, -0.05) is 36.5 Å². The van der Waals surface area contributed by atoms with E-state index >= 15 is 0 Å². The minimum atomic E-state index is -4.18. The number of nitrogens with one attached hydrogen (secondary N) is 1. The molecule has 2 amide bonds. The second kappa shape index (κ2) is 15.4. The summed E-state index contributed by atoms with van der Waals surface area (Å²) in [5.74, 6) is -1.73. The SMILES string of the molecule is CCCCC(=O)[N-]S(=O)(=O)c1ccc(NC(=O)COc2ccc(Cl)cc2C(=O)c2cc(Cl)cc(C#N)c2)c(C)c1.[Na+]. The molecule has 0 aliphatic rings. The number of ether oxygens (including phenoxy) is 1. The van der Waals surface area contributed by atoms with Crippen LogP contribution in [-0.4, -0.2) is 32.6 Å². The van der Waals surface area contributed by atoms with Crippen LogP contribution in [0, 0.1) is 18.3 Å². The van der Waals surface area contributed by atoms with E-state index < -0.39 is 34.2 Å². The topological polar surface area (TPSA) is 144 Å². The molecule has 0 saturated carbocycles. The summed E-state index contributed by atoms with van der Waals surface area (Å²) in [5, 5.41) is 12.3. The van der Waals surface area contributed by atoms with Crippen LogP contribution < -0.4 is 39.6 Å². The summed E-state index contributed by atoms with van der Waals surface area (Å²) in [5.41, 5.74) is 1.15. The van der Waals surface area contributed by atoms with Gasteiger partial charge in [-0.2, -0.15) is 5.26 Å². The maximum Gasteiger partial charge on any atom is 1.00 e. The van der Waals surface area contributed by atoms with Crippen LogP contribution in [0.25, 0.3) is 4.72 Å². The number of unbranched alkanes of at least 4 members (excludes halogenated alkanes) is 1. The number of nitriles is 1. The Kier molecular flexibility index (Phi) is 12.8. The van der Waals surface area contributed by atoms with E-state index in [0.29, 0.717) is 17.7 Å². The fraction of sp³-hybridized carbons (Fsp3) is 0.214. The summed E-state index contributed by atoms with van der Waals surface area (Å²) in [6.45, 7) is 2.98. The zero-order chi connectivity index (χ0) is 29.4. The molecule has 0 radical (unpaired) electrons. The van der Waals surface area contributed by atoms with Crippen molar-refractivity contribution < 1.29 is 57.1 Å². The summed E-state index contributed by atoms with van der Waals surface area (Å²) >= 11 is 12.1. The summed E-state index contributed by atoms with van der Waals surface area (Å²) in [6, 6.07) is 14.4. The molecule has 0 unspecified atom stereocenters. The number of benzene rings is 3. The van der Waals surface area contributed by atoms with Crippen molar-refractivity contribution in [3.05, 3.63) is 91.6 Å². The molecule has 41 heavy (non-hydrogen) atoms. The summed E-state index contributed by atoms with van der Waals surface area (Å²) in [7, 11) is -4.18. The number of sulfonamides is 1. The van der Waals surface area contributed by atoms with E-state index in [1.54, 1.807) is 6.92 Å². The maximum atomic E-state index is 13.2. The fourth-order valence-electron chi connectivity index (χ4n) is 3.57. The number of hydrogen-bond acceptors (Lipinski definition) is 7. The van der Waals surface area contributed by atoms with Crippen LogP contribution in [0.2, 0.25) is 10.0 Å². The Labute approximate surface area is 270 Å². The molecule has 0 atom stereocenters. The van der Waals surface area contributed by atoms with Crippen molar-refractivity contribution in [1.82, 2.24) is 0 Å². The van der Waals surface area contributed by atoms with Crippen LogP contribution in [0.4, 0.5) is 5.69 Å². The number of rotatable bonds is 11. The first-order valence-electron chi connectivity index (χ1n) is 12.0. The number of ketones is 1. The van der Waals surface area contributed by atoms with Gasteiger partial charge in [0.15, 0.2) is 12.4 Å². The Morgan fingerprint density at radius 3 is 2.41 bits per heavy atom. The zero-order valence-electron chi connectivity index (χ0n) is 22.5. The second-order valence-corrected chi connectivity index (χ2v) is 11.2. The number of nitrogens with zero attached hydrogens (tertiary/aromatic N) is 2. The van der Waals surface area contributed by atoms with Crippen molar-refractivity contribution in [3.63, 3.8) is 0 Å². The van der Waals surface area contributed by atoms with E-state index in [-0.39, 0.29) is 73.4 Å². The zero-order valence-corrected chi connectivity index (χ0v) is 26.9. The Hall–Kier alpha value is -2.91. The van der Waals surface area contributed by atoms with Gasteiger partial charge >= 0.3 is 29.6 Å². The second-order valence-electron chi connectivity index (χ2n) is 8.69. The number of hydrogen-bond donors (Lipinski definition) is 1. The number of carbonyl (C=O) groups is 3. The van der Waals surface area contributed by atoms with Crippen molar-refractivity contribution in [1.29, 1.82) is 5.26 Å². The molecule has 13 heteroatoms. The summed E-state index contributed by atoms with van der Waals surface area (Å²) in [6.07, 6.45) is 1.32. The van der Waals surface area contributed by atoms with Crippen LogP contribution in [0.3, 0.4) is 0 Å². The van der Waals surface area contributed by atoms with Crippen molar-refractivity contribution in [3.8, 4) is 11.8 Å². The Morgan fingerprint density at radius 1 is 1.02 bits per heavy atom. The van der Waals surface area contributed by atoms with Crippen LogP contribution >= 0.6 is 23.2 Å². The van der Waals surface area contributed by atoms with Crippen molar-refractivity contribution in [2.75, 3.05) is 11.9 Å². The van der Waals surface area contributed by atoms with Crippen LogP contribution in [-0.2, 0) is 19.6 Å². The molecular formula is C28H24Cl2N3NaO6S. The molecule has 0 spiro atoms. The minimum Gasteiger partial charge on any atom is -0.542 e. The molecule has 0 aliphatic carbocycles. The molecule has 9 nitrogen and oxygen atoms in total. The van der Waals surface area contributed by atoms with E-state index in [2.05, 4.69) is 10.0 Å². The monoisotopic (exact) mass is 623 g/mol. The van der Waals surface area contributed by atoms with Crippen LogP contribution in [0.1, 0.15) is 53.2 Å². The molecule has 0 heterocycles. The number of halogens is 2. The third-order valence-electron chi connectivity index (χ3n) is 5.57. The van der Waals surface area contributed by atoms with Gasteiger partial charge in [0.2, 0.25) is 0 Å². The molecule has 3 aromatic rings. The van der Waals surface area contributed by atoms with Crippen molar-refractivity contribution in [2.45, 2.75) is 38.0 Å². The molecule has 0 fully saturated rings. The van der Waals surface area contributed by atoms with Gasteiger partial charge in [-0.05, 0) is 79.9 Å². The Morgan fingerprint density at radius 2 is 1.76 bits per heavy atom. The average Bonchev–Trinajstić information content (AvgIpc) is 2.91. The van der Waals surface area contributed by atoms with Gasteiger partial charge in [0.1, 0.15) is 15.8 Å². The van der Waals surface area contributed by atoms with E-state index in [0.717, 1.165) is 6.42 Å². The van der Waals surface area contributed by atoms with Crippen LogP contribution in [0.5, 0.6) is 5.75 Å². The summed E-state index contributed by atoms with van der Waals surface area (Å²) < 4.78 is 33.9. The van der Waals surface area contributed by atoms with E-state index in [4.69, 9.17) is 27.9 Å². The maximum absolute atomic E-state index is 13.2. The first-order chi connectivity index (χ1) is 18.9. The Balaban J connectivity index is 0.00000588. The van der Waals surface area contributed by atoms with Gasteiger partial charge in [-0.25, -0.2) is 8.42 Å². The molecule has 208 valence electrons. The van der Waals surface area contributed by atoms with Gasteiger partial charge in [0.25, 0.3) is 5.91 Å². The minimum absolute atomic E-state index is 0. The van der Waals surface area contributed by atoms with E-state index in [1.165, 1.54) is 54.6 Å². The predicted octanol–water partition coefficient (Wildman–Crippen LogP) is 3.21. The molecule has 3 aromatic carbocycles. The molecule has 3 rings (SSSR count). The van der Waals surface area contributed by atoms with Crippen molar-refractivity contribution in [2.24, 2.45) is 0 Å². The molecule has 0 saturated heterocycles.